The van der Waals surface area contributed by atoms with Crippen molar-refractivity contribution in [2.45, 2.75) is 0 Å². The topological polar surface area (TPSA) is 50.3 Å². The predicted octanol–water partition coefficient (Wildman–Crippen LogP) is 17.9. The molecule has 3 aromatic heterocycles. The molecule has 0 fully saturated rings. The summed E-state index contributed by atoms with van der Waals surface area (Å²) in [5.74, 6) is 0.655. The lowest BCUT2D eigenvalue weighted by atomic mass is 9.33. The second-order valence-electron chi connectivity index (χ2n) is 21.6. The summed E-state index contributed by atoms with van der Waals surface area (Å²) in [6, 6.07) is 105. The van der Waals surface area contributed by atoms with Crippen molar-refractivity contribution in [1.29, 1.82) is 0 Å². The standard InChI is InChI=1S/C76H48BN5O/c1-4-19-52(20-5-1)63-48-64(53-21-6-2-7-22-53)79-76(78-63)54-41-45-66(82-65-29-14-10-26-59(65)73-69(82)46-44-58-57-25-11-17-34-72(57)83-75(58)73)60(47-54)51-37-35-49(36-38-51)50-39-42-56(43-40-50)81-68-31-16-13-28-62(68)77-61-27-12-15-30-67(61)80(55-23-8-3-9-24-55)70-32-18-33-71(81)74(70)77/h1-48H. The molecule has 0 spiro atoms. The van der Waals surface area contributed by atoms with E-state index in [1.165, 1.54) is 39.1 Å². The van der Waals surface area contributed by atoms with Crippen molar-refractivity contribution < 1.29 is 4.42 Å². The van der Waals surface area contributed by atoms with Crippen LogP contribution in [0.25, 0.3) is 106 Å². The highest BCUT2D eigenvalue weighted by atomic mass is 16.3. The molecule has 0 bridgehead atoms. The molecule has 0 amide bonds. The lowest BCUT2D eigenvalue weighted by Crippen LogP contribution is -2.61. The van der Waals surface area contributed by atoms with Gasteiger partial charge in [0.15, 0.2) is 5.82 Å². The van der Waals surface area contributed by atoms with Crippen LogP contribution in [0.1, 0.15) is 0 Å². The van der Waals surface area contributed by atoms with Gasteiger partial charge in [0.25, 0.3) is 6.71 Å². The third-order valence-electron chi connectivity index (χ3n) is 17.0. The van der Waals surface area contributed by atoms with Crippen LogP contribution in [0.4, 0.5) is 34.1 Å². The molecular formula is C76H48BN5O. The van der Waals surface area contributed by atoms with Gasteiger partial charge in [-0.1, -0.05) is 194 Å². The van der Waals surface area contributed by atoms with Crippen molar-refractivity contribution in [3.63, 3.8) is 0 Å². The van der Waals surface area contributed by atoms with E-state index in [2.05, 4.69) is 287 Å². The number of hydrogen-bond donors (Lipinski definition) is 0. The molecule has 15 aromatic rings. The highest BCUT2D eigenvalue weighted by molar-refractivity contribution is 7.00. The Morgan fingerprint density at radius 3 is 1.51 bits per heavy atom. The first-order valence-corrected chi connectivity index (χ1v) is 28.3. The average Bonchev–Trinajstić information content (AvgIpc) is 4.00. The molecule has 5 heterocycles. The molecule has 6 nitrogen and oxygen atoms in total. The van der Waals surface area contributed by atoms with Crippen LogP contribution in [0.15, 0.2) is 296 Å². The maximum absolute atomic E-state index is 6.75. The lowest BCUT2D eigenvalue weighted by molar-refractivity contribution is 0.673. The minimum Gasteiger partial charge on any atom is -0.455 e. The van der Waals surface area contributed by atoms with E-state index in [0.717, 1.165) is 111 Å². The van der Waals surface area contributed by atoms with Gasteiger partial charge in [-0.2, -0.15) is 0 Å². The number of fused-ring (bicyclic) bond motifs is 11. The fourth-order valence-electron chi connectivity index (χ4n) is 13.3. The fraction of sp³-hybridized carbons (Fsp3) is 0. The zero-order chi connectivity index (χ0) is 54.5. The molecule has 2 aliphatic rings. The summed E-state index contributed by atoms with van der Waals surface area (Å²) in [6.45, 7) is 0.0880. The summed E-state index contributed by atoms with van der Waals surface area (Å²) in [6.07, 6.45) is 0. The Labute approximate surface area is 480 Å². The number of furan rings is 1. The minimum absolute atomic E-state index is 0.0880. The third-order valence-corrected chi connectivity index (χ3v) is 17.0. The average molecular weight is 1060 g/mol. The molecule has 0 saturated carbocycles. The second kappa shape index (κ2) is 18.8. The summed E-state index contributed by atoms with van der Waals surface area (Å²) in [7, 11) is 0. The Hall–Kier alpha value is -11.0. The quantitative estimate of drug-likeness (QED) is 0.142. The highest BCUT2D eigenvalue weighted by Gasteiger charge is 2.42. The molecule has 0 unspecified atom stereocenters. The van der Waals surface area contributed by atoms with Crippen molar-refractivity contribution in [1.82, 2.24) is 14.5 Å². The Bertz CT molecular complexity index is 4980. The molecule has 0 aliphatic carbocycles. The van der Waals surface area contributed by atoms with E-state index in [4.69, 9.17) is 14.4 Å². The van der Waals surface area contributed by atoms with Crippen LogP contribution in [0.5, 0.6) is 0 Å². The van der Waals surface area contributed by atoms with Crippen LogP contribution < -0.4 is 26.2 Å². The van der Waals surface area contributed by atoms with E-state index in [0.29, 0.717) is 5.82 Å². The molecule has 0 atom stereocenters. The van der Waals surface area contributed by atoms with Gasteiger partial charge < -0.3 is 18.8 Å². The number of nitrogens with zero attached hydrogens (tertiary/aromatic N) is 5. The largest absolute Gasteiger partial charge is 0.455 e. The fourth-order valence-corrected chi connectivity index (χ4v) is 13.3. The van der Waals surface area contributed by atoms with Gasteiger partial charge in [0, 0.05) is 72.5 Å². The van der Waals surface area contributed by atoms with Crippen molar-refractivity contribution in [3.8, 4) is 61.8 Å². The highest BCUT2D eigenvalue weighted by Crippen LogP contribution is 2.46. The summed E-state index contributed by atoms with van der Waals surface area (Å²) >= 11 is 0. The first-order valence-electron chi connectivity index (χ1n) is 28.3. The van der Waals surface area contributed by atoms with E-state index >= 15 is 0 Å². The van der Waals surface area contributed by atoms with Gasteiger partial charge in [-0.05, 0) is 130 Å². The summed E-state index contributed by atoms with van der Waals surface area (Å²) in [4.78, 5) is 15.5. The summed E-state index contributed by atoms with van der Waals surface area (Å²) in [5, 5.41) is 4.44. The first-order chi connectivity index (χ1) is 41.2. The number of benzene rings is 12. The number of anilines is 6. The molecule has 83 heavy (non-hydrogen) atoms. The zero-order valence-corrected chi connectivity index (χ0v) is 44.9. The SMILES string of the molecule is c1ccc(-c2cc(-c3ccccc3)nc(-c3ccc(-n4c5ccccc5c5c6oc7ccccc7c6ccc54)c(-c4ccc(-c5ccc(N6c7ccccc7B7c8ccccc8N(c8ccccc8)c8cccc6c87)cc5)cc4)c3)n2)cc1. The van der Waals surface area contributed by atoms with Crippen molar-refractivity contribution in [2.24, 2.45) is 0 Å². The van der Waals surface area contributed by atoms with Gasteiger partial charge in [0.05, 0.1) is 33.5 Å². The van der Waals surface area contributed by atoms with Crippen LogP contribution in [0.3, 0.4) is 0 Å². The minimum atomic E-state index is 0.0880. The van der Waals surface area contributed by atoms with Crippen LogP contribution in [-0.4, -0.2) is 21.2 Å². The van der Waals surface area contributed by atoms with Gasteiger partial charge in [-0.15, -0.1) is 0 Å². The smallest absolute Gasteiger partial charge is 0.252 e. The maximum Gasteiger partial charge on any atom is 0.252 e. The van der Waals surface area contributed by atoms with Crippen LogP contribution >= 0.6 is 0 Å². The van der Waals surface area contributed by atoms with Gasteiger partial charge in [0.2, 0.25) is 0 Å². The normalized spacial score (nSPS) is 12.5. The monoisotopic (exact) mass is 1060 g/mol. The molecule has 0 radical (unpaired) electrons. The summed E-state index contributed by atoms with van der Waals surface area (Å²) in [5.41, 5.74) is 25.0. The van der Waals surface area contributed by atoms with E-state index in [-0.39, 0.29) is 6.71 Å². The molecule has 12 aromatic carbocycles. The Morgan fingerprint density at radius 1 is 0.325 bits per heavy atom. The third kappa shape index (κ3) is 7.45. The van der Waals surface area contributed by atoms with E-state index < -0.39 is 0 Å². The Kier molecular flexibility index (Phi) is 10.6. The second-order valence-corrected chi connectivity index (χ2v) is 21.6. The first kappa shape index (κ1) is 46.9. The van der Waals surface area contributed by atoms with Crippen LogP contribution in [-0.2, 0) is 0 Å². The van der Waals surface area contributed by atoms with Crippen molar-refractivity contribution >= 4 is 101 Å². The Balaban J connectivity index is 0.797. The van der Waals surface area contributed by atoms with Crippen LogP contribution in [0, 0.1) is 0 Å². The van der Waals surface area contributed by atoms with E-state index in [1.807, 2.05) is 18.2 Å². The molecule has 17 rings (SSSR count). The number of para-hydroxylation sites is 5. The van der Waals surface area contributed by atoms with E-state index in [1.54, 1.807) is 0 Å². The lowest BCUT2D eigenvalue weighted by Gasteiger charge is -2.44. The zero-order valence-electron chi connectivity index (χ0n) is 44.9. The van der Waals surface area contributed by atoms with Gasteiger partial charge in [0.1, 0.15) is 11.2 Å². The molecule has 7 heteroatoms. The molecule has 0 saturated heterocycles. The number of hydrogen-bond acceptors (Lipinski definition) is 5. The summed E-state index contributed by atoms with van der Waals surface area (Å²) < 4.78 is 9.16. The van der Waals surface area contributed by atoms with Gasteiger partial charge in [-0.3, -0.25) is 0 Å². The molecule has 2 aliphatic heterocycles. The van der Waals surface area contributed by atoms with Crippen LogP contribution in [0.2, 0.25) is 0 Å². The molecule has 386 valence electrons. The molecule has 0 N–H and O–H groups in total. The number of aromatic nitrogens is 3. The number of rotatable bonds is 8. The van der Waals surface area contributed by atoms with Gasteiger partial charge >= 0.3 is 0 Å². The maximum atomic E-state index is 6.75. The predicted molar refractivity (Wildman–Crippen MR) is 345 cm³/mol. The molecular weight excluding hydrogens is 1010 g/mol. The van der Waals surface area contributed by atoms with Crippen molar-refractivity contribution in [3.05, 3.63) is 291 Å². The van der Waals surface area contributed by atoms with E-state index in [9.17, 15) is 0 Å². The Morgan fingerprint density at radius 2 is 0.843 bits per heavy atom. The van der Waals surface area contributed by atoms with Crippen molar-refractivity contribution in [2.75, 3.05) is 9.80 Å². The van der Waals surface area contributed by atoms with Gasteiger partial charge in [-0.25, -0.2) is 9.97 Å².